The number of hydrogen-bond donors (Lipinski definition) is 1. The number of aromatic nitrogens is 2. The van der Waals surface area contributed by atoms with Crippen LogP contribution in [0.3, 0.4) is 0 Å². The number of nitrogens with one attached hydrogen (secondary N) is 1. The summed E-state index contributed by atoms with van der Waals surface area (Å²) in [6.45, 7) is 0. The molecular weight excluding hydrogens is 284 g/mol. The van der Waals surface area contributed by atoms with E-state index in [2.05, 4.69) is 25.9 Å². The predicted molar refractivity (Wildman–Crippen MR) is 67.1 cm³/mol. The minimum Gasteiger partial charge on any atom is -0.370 e. The molecule has 3 rings (SSSR count). The van der Waals surface area contributed by atoms with Gasteiger partial charge < -0.3 is 9.72 Å². The number of halogens is 1. The molecule has 1 N–H and O–H groups in total. The molecule has 5 heteroatoms. The lowest BCUT2D eigenvalue weighted by atomic mass is 9.79. The number of methoxy groups -OCH3 is 1. The summed E-state index contributed by atoms with van der Waals surface area (Å²) in [5.41, 5.74) is 0.482. The third kappa shape index (κ3) is 1.76. The van der Waals surface area contributed by atoms with Gasteiger partial charge in [-0.05, 0) is 48.0 Å². The lowest BCUT2D eigenvalue weighted by molar-refractivity contribution is -0.0849. The first-order valence-corrected chi connectivity index (χ1v) is 6.81. The summed E-state index contributed by atoms with van der Waals surface area (Å²) in [5.74, 6) is 1.17. The van der Waals surface area contributed by atoms with Gasteiger partial charge in [-0.1, -0.05) is 0 Å². The van der Waals surface area contributed by atoms with E-state index in [9.17, 15) is 4.79 Å². The summed E-state index contributed by atoms with van der Waals surface area (Å²) in [6.07, 6.45) is 5.28. The smallest absolute Gasteiger partial charge is 0.265 e. The molecule has 0 bridgehead atoms. The molecule has 0 radical (unpaired) electrons. The van der Waals surface area contributed by atoms with Crippen molar-refractivity contribution in [2.24, 2.45) is 0 Å². The van der Waals surface area contributed by atoms with E-state index in [-0.39, 0.29) is 11.2 Å². The van der Waals surface area contributed by atoms with Crippen molar-refractivity contribution in [3.05, 3.63) is 26.3 Å². The van der Waals surface area contributed by atoms with Crippen molar-refractivity contribution in [2.45, 2.75) is 43.6 Å². The molecule has 1 aromatic heterocycles. The summed E-state index contributed by atoms with van der Waals surface area (Å²) >= 11 is 3.34. The highest BCUT2D eigenvalue weighted by molar-refractivity contribution is 9.10. The zero-order valence-corrected chi connectivity index (χ0v) is 11.3. The maximum absolute atomic E-state index is 11.9. The van der Waals surface area contributed by atoms with Crippen molar-refractivity contribution in [1.29, 1.82) is 0 Å². The highest BCUT2D eigenvalue weighted by atomic mass is 79.9. The predicted octanol–water partition coefficient (Wildman–Crippen LogP) is 2.44. The third-order valence-electron chi connectivity index (χ3n) is 3.84. The van der Waals surface area contributed by atoms with E-state index in [0.717, 1.165) is 37.8 Å². The topological polar surface area (TPSA) is 55.0 Å². The molecule has 0 saturated heterocycles. The number of nitrogens with zero attached hydrogens (tertiary/aromatic N) is 1. The fraction of sp³-hybridized carbons (Fsp3) is 0.667. The van der Waals surface area contributed by atoms with Crippen LogP contribution in [0.25, 0.3) is 0 Å². The first-order valence-electron chi connectivity index (χ1n) is 6.01. The van der Waals surface area contributed by atoms with Crippen molar-refractivity contribution in [3.8, 4) is 0 Å². The Kier molecular flexibility index (Phi) is 2.63. The number of ether oxygens (including phenoxy) is 1. The van der Waals surface area contributed by atoms with Gasteiger partial charge in [0.05, 0.1) is 5.69 Å². The van der Waals surface area contributed by atoms with Crippen molar-refractivity contribution in [3.63, 3.8) is 0 Å². The Morgan fingerprint density at radius 2 is 2.18 bits per heavy atom. The highest BCUT2D eigenvalue weighted by Gasteiger charge is 2.42. The van der Waals surface area contributed by atoms with Crippen LogP contribution >= 0.6 is 15.9 Å². The van der Waals surface area contributed by atoms with Crippen molar-refractivity contribution >= 4 is 15.9 Å². The molecule has 0 unspecified atom stereocenters. The van der Waals surface area contributed by atoms with Crippen LogP contribution < -0.4 is 5.56 Å². The fourth-order valence-electron chi connectivity index (χ4n) is 2.35. The van der Waals surface area contributed by atoms with E-state index >= 15 is 0 Å². The Balaban J connectivity index is 2.08. The van der Waals surface area contributed by atoms with Crippen LogP contribution in [-0.4, -0.2) is 17.1 Å². The SMILES string of the molecule is COC1(c2nc(C3CC3)c(Br)c(=O)[nH]2)CCC1. The Hall–Kier alpha value is -0.680. The van der Waals surface area contributed by atoms with Crippen molar-refractivity contribution in [2.75, 3.05) is 7.11 Å². The number of H-pyrrole nitrogens is 1. The molecule has 2 fully saturated rings. The monoisotopic (exact) mass is 298 g/mol. The van der Waals surface area contributed by atoms with E-state index in [1.807, 2.05) is 0 Å². The van der Waals surface area contributed by atoms with E-state index < -0.39 is 0 Å². The third-order valence-corrected chi connectivity index (χ3v) is 4.60. The molecule has 2 aliphatic rings. The van der Waals surface area contributed by atoms with E-state index in [0.29, 0.717) is 16.2 Å². The van der Waals surface area contributed by atoms with Crippen LogP contribution in [0, 0.1) is 0 Å². The quantitative estimate of drug-likeness (QED) is 0.932. The van der Waals surface area contributed by atoms with Gasteiger partial charge in [0.15, 0.2) is 0 Å². The van der Waals surface area contributed by atoms with Crippen LogP contribution in [0.5, 0.6) is 0 Å². The summed E-state index contributed by atoms with van der Waals surface area (Å²) in [5, 5.41) is 0. The molecule has 17 heavy (non-hydrogen) atoms. The largest absolute Gasteiger partial charge is 0.370 e. The molecule has 2 saturated carbocycles. The van der Waals surface area contributed by atoms with Gasteiger partial charge in [-0.25, -0.2) is 4.98 Å². The van der Waals surface area contributed by atoms with Gasteiger partial charge in [0.2, 0.25) is 0 Å². The summed E-state index contributed by atoms with van der Waals surface area (Å²) in [4.78, 5) is 19.4. The summed E-state index contributed by atoms with van der Waals surface area (Å²) in [6, 6.07) is 0. The molecule has 0 aromatic carbocycles. The average Bonchev–Trinajstić information content (AvgIpc) is 3.06. The van der Waals surface area contributed by atoms with Gasteiger partial charge in [-0.15, -0.1) is 0 Å². The summed E-state index contributed by atoms with van der Waals surface area (Å²) < 4.78 is 6.15. The number of aromatic amines is 1. The average molecular weight is 299 g/mol. The summed E-state index contributed by atoms with van der Waals surface area (Å²) in [7, 11) is 1.69. The van der Waals surface area contributed by atoms with Crippen molar-refractivity contribution < 1.29 is 4.74 Å². The van der Waals surface area contributed by atoms with Gasteiger partial charge >= 0.3 is 0 Å². The van der Waals surface area contributed by atoms with Crippen LogP contribution in [0.4, 0.5) is 0 Å². The number of rotatable bonds is 3. The molecule has 1 aromatic rings. The lowest BCUT2D eigenvalue weighted by Gasteiger charge is -2.39. The van der Waals surface area contributed by atoms with Gasteiger partial charge in [0.1, 0.15) is 15.9 Å². The maximum Gasteiger partial charge on any atom is 0.265 e. The zero-order valence-electron chi connectivity index (χ0n) is 9.75. The maximum atomic E-state index is 11.9. The Bertz CT molecular complexity index is 498. The second-order valence-electron chi connectivity index (χ2n) is 4.94. The van der Waals surface area contributed by atoms with E-state index in [1.54, 1.807) is 7.11 Å². The lowest BCUT2D eigenvalue weighted by Crippen LogP contribution is -2.39. The molecule has 0 spiro atoms. The molecule has 4 nitrogen and oxygen atoms in total. The van der Waals surface area contributed by atoms with Gasteiger partial charge in [-0.2, -0.15) is 0 Å². The highest BCUT2D eigenvalue weighted by Crippen LogP contribution is 2.45. The van der Waals surface area contributed by atoms with Crippen LogP contribution in [0.2, 0.25) is 0 Å². The first kappa shape index (κ1) is 11.4. The molecule has 0 atom stereocenters. The van der Waals surface area contributed by atoms with Crippen molar-refractivity contribution in [1.82, 2.24) is 9.97 Å². The second-order valence-corrected chi connectivity index (χ2v) is 5.73. The Morgan fingerprint density at radius 3 is 2.65 bits per heavy atom. The first-order chi connectivity index (χ1) is 8.16. The van der Waals surface area contributed by atoms with Gasteiger partial charge in [0.25, 0.3) is 5.56 Å². The van der Waals surface area contributed by atoms with Crippen LogP contribution in [0.15, 0.2) is 9.27 Å². The Morgan fingerprint density at radius 1 is 1.47 bits per heavy atom. The molecule has 0 aliphatic heterocycles. The van der Waals surface area contributed by atoms with Crippen LogP contribution in [0.1, 0.15) is 49.5 Å². The molecular formula is C12H15BrN2O2. The zero-order chi connectivity index (χ0) is 12.0. The Labute approximate surface area is 108 Å². The molecule has 2 aliphatic carbocycles. The van der Waals surface area contributed by atoms with Crippen LogP contribution in [-0.2, 0) is 10.3 Å². The standard InChI is InChI=1S/C12H15BrN2O2/c1-17-12(5-2-6-12)11-14-9(7-3-4-7)8(13)10(16)15-11/h7H,2-6H2,1H3,(H,14,15,16). The minimum atomic E-state index is -0.344. The van der Waals surface area contributed by atoms with Gasteiger partial charge in [0, 0.05) is 13.0 Å². The number of hydrogen-bond acceptors (Lipinski definition) is 3. The minimum absolute atomic E-state index is 0.0831. The molecule has 1 heterocycles. The van der Waals surface area contributed by atoms with E-state index in [4.69, 9.17) is 4.74 Å². The normalized spacial score (nSPS) is 22.2. The van der Waals surface area contributed by atoms with E-state index in [1.165, 1.54) is 0 Å². The fourth-order valence-corrected chi connectivity index (χ4v) is 2.87. The van der Waals surface area contributed by atoms with Gasteiger partial charge in [-0.3, -0.25) is 4.79 Å². The molecule has 92 valence electrons. The molecule has 0 amide bonds. The second kappa shape index (κ2) is 3.92.